The maximum atomic E-state index is 12.5. The van der Waals surface area contributed by atoms with Gasteiger partial charge in [-0.25, -0.2) is 0 Å². The maximum absolute atomic E-state index is 12.5. The smallest absolute Gasteiger partial charge is 0.223 e. The summed E-state index contributed by atoms with van der Waals surface area (Å²) in [4.78, 5) is 21.8. The van der Waals surface area contributed by atoms with Crippen molar-refractivity contribution < 1.29 is 4.79 Å². The van der Waals surface area contributed by atoms with Gasteiger partial charge in [0.05, 0.1) is 0 Å². The number of unbranched alkanes of at least 4 members (excludes halogenated alkanes) is 1. The fraction of sp³-hybridized carbons (Fsp3) is 0.667. The van der Waals surface area contributed by atoms with Crippen LogP contribution in [0.5, 0.6) is 0 Å². The first-order chi connectivity index (χ1) is 14.7. The largest absolute Gasteiger partial charge is 0.357 e. The van der Waals surface area contributed by atoms with E-state index in [4.69, 9.17) is 4.99 Å². The second-order valence-electron chi connectivity index (χ2n) is 8.50. The van der Waals surface area contributed by atoms with Crippen LogP contribution in [0.25, 0.3) is 0 Å². The number of hydrogen-bond acceptors (Lipinski definition) is 3. The molecular weight excluding hydrogens is 501 g/mol. The van der Waals surface area contributed by atoms with Crippen molar-refractivity contribution in [3.63, 3.8) is 0 Å². The standard InChI is InChI=1S/C24H39N5O.HI/c1-3-5-15-28-16-12-22(13-17-28)27-24(25-4-2)26-14-8-11-23(30)29-18-20-9-6-7-10-21(20)19-29;/h6-7,9-10,22H,3-5,8,11-19H2,1-2H3,(H2,25,26,27);1H. The fourth-order valence-electron chi connectivity index (χ4n) is 4.28. The minimum absolute atomic E-state index is 0. The molecular formula is C24H40IN5O. The molecule has 0 atom stereocenters. The maximum Gasteiger partial charge on any atom is 0.223 e. The lowest BCUT2D eigenvalue weighted by Gasteiger charge is -2.33. The van der Waals surface area contributed by atoms with Crippen molar-refractivity contribution in [2.75, 3.05) is 32.7 Å². The van der Waals surface area contributed by atoms with Crippen molar-refractivity contribution in [3.8, 4) is 0 Å². The number of halogens is 1. The lowest BCUT2D eigenvalue weighted by molar-refractivity contribution is -0.131. The zero-order valence-electron chi connectivity index (χ0n) is 19.2. The van der Waals surface area contributed by atoms with Gasteiger partial charge in [0, 0.05) is 51.7 Å². The monoisotopic (exact) mass is 541 g/mol. The van der Waals surface area contributed by atoms with Crippen LogP contribution >= 0.6 is 24.0 Å². The lowest BCUT2D eigenvalue weighted by Crippen LogP contribution is -2.48. The molecule has 1 amide bonds. The number of aliphatic imine (C=N–C) groups is 1. The first-order valence-electron chi connectivity index (χ1n) is 11.8. The number of piperidine rings is 1. The molecule has 6 nitrogen and oxygen atoms in total. The van der Waals surface area contributed by atoms with E-state index in [2.05, 4.69) is 41.5 Å². The van der Waals surface area contributed by atoms with Gasteiger partial charge in [0.25, 0.3) is 0 Å². The summed E-state index contributed by atoms with van der Waals surface area (Å²) in [7, 11) is 0. The summed E-state index contributed by atoms with van der Waals surface area (Å²) in [5.74, 6) is 1.13. The van der Waals surface area contributed by atoms with Crippen LogP contribution in [-0.4, -0.2) is 60.4 Å². The van der Waals surface area contributed by atoms with Crippen LogP contribution in [0.3, 0.4) is 0 Å². The second-order valence-corrected chi connectivity index (χ2v) is 8.50. The molecule has 2 heterocycles. The highest BCUT2D eigenvalue weighted by Gasteiger charge is 2.22. The summed E-state index contributed by atoms with van der Waals surface area (Å²) < 4.78 is 0. The SMILES string of the molecule is CCCCN1CCC(NC(=NCCCC(=O)N2Cc3ccccc3C2)NCC)CC1.I. The van der Waals surface area contributed by atoms with Crippen molar-refractivity contribution in [1.29, 1.82) is 0 Å². The Morgan fingerprint density at radius 2 is 1.77 bits per heavy atom. The van der Waals surface area contributed by atoms with Crippen molar-refractivity contribution in [3.05, 3.63) is 35.4 Å². The van der Waals surface area contributed by atoms with Gasteiger partial charge in [-0.15, -0.1) is 24.0 Å². The van der Waals surface area contributed by atoms with Gasteiger partial charge in [-0.05, 0) is 50.3 Å². The summed E-state index contributed by atoms with van der Waals surface area (Å²) in [5, 5.41) is 6.97. The van der Waals surface area contributed by atoms with Gasteiger partial charge in [-0.2, -0.15) is 0 Å². The minimum Gasteiger partial charge on any atom is -0.357 e. The van der Waals surface area contributed by atoms with Gasteiger partial charge in [-0.1, -0.05) is 37.6 Å². The van der Waals surface area contributed by atoms with E-state index in [-0.39, 0.29) is 29.9 Å². The predicted molar refractivity (Wildman–Crippen MR) is 139 cm³/mol. The molecule has 1 saturated heterocycles. The number of hydrogen-bond donors (Lipinski definition) is 2. The van der Waals surface area contributed by atoms with Crippen LogP contribution in [0, 0.1) is 0 Å². The Morgan fingerprint density at radius 3 is 2.39 bits per heavy atom. The van der Waals surface area contributed by atoms with Crippen LogP contribution in [0.2, 0.25) is 0 Å². The third kappa shape index (κ3) is 8.25. The molecule has 1 fully saturated rings. The third-order valence-corrected chi connectivity index (χ3v) is 6.11. The second kappa shape index (κ2) is 13.9. The molecule has 2 aliphatic heterocycles. The van der Waals surface area contributed by atoms with E-state index in [1.54, 1.807) is 0 Å². The van der Waals surface area contributed by atoms with E-state index < -0.39 is 0 Å². The van der Waals surface area contributed by atoms with Crippen molar-refractivity contribution in [1.82, 2.24) is 20.4 Å². The molecule has 1 aromatic carbocycles. The Labute approximate surface area is 205 Å². The van der Waals surface area contributed by atoms with Crippen LogP contribution in [0.15, 0.2) is 29.3 Å². The highest BCUT2D eigenvalue weighted by Crippen LogP contribution is 2.22. The van der Waals surface area contributed by atoms with Crippen LogP contribution in [-0.2, 0) is 17.9 Å². The molecule has 2 aliphatic rings. The topological polar surface area (TPSA) is 60.0 Å². The predicted octanol–water partition coefficient (Wildman–Crippen LogP) is 3.75. The summed E-state index contributed by atoms with van der Waals surface area (Å²) in [6.07, 6.45) is 6.25. The fourth-order valence-corrected chi connectivity index (χ4v) is 4.28. The number of rotatable bonds is 9. The number of nitrogens with one attached hydrogen (secondary N) is 2. The molecule has 0 saturated carbocycles. The number of carbonyl (C=O) groups excluding carboxylic acids is 1. The number of benzene rings is 1. The van der Waals surface area contributed by atoms with Crippen molar-refractivity contribution in [2.24, 2.45) is 4.99 Å². The molecule has 2 N–H and O–H groups in total. The minimum atomic E-state index is 0. The molecule has 0 radical (unpaired) electrons. The number of carbonyl (C=O) groups is 1. The summed E-state index contributed by atoms with van der Waals surface area (Å²) in [5.41, 5.74) is 2.56. The molecule has 31 heavy (non-hydrogen) atoms. The average Bonchev–Trinajstić information content (AvgIpc) is 3.20. The van der Waals surface area contributed by atoms with Gasteiger partial charge in [0.1, 0.15) is 0 Å². The molecule has 7 heteroatoms. The molecule has 174 valence electrons. The Morgan fingerprint density at radius 1 is 1.10 bits per heavy atom. The van der Waals surface area contributed by atoms with E-state index in [0.29, 0.717) is 19.0 Å². The van der Waals surface area contributed by atoms with E-state index in [0.717, 1.165) is 32.0 Å². The summed E-state index contributed by atoms with van der Waals surface area (Å²) in [6, 6.07) is 8.83. The van der Waals surface area contributed by atoms with E-state index in [1.165, 1.54) is 56.4 Å². The first-order valence-corrected chi connectivity index (χ1v) is 11.8. The van der Waals surface area contributed by atoms with Crippen LogP contribution in [0.1, 0.15) is 63.5 Å². The number of likely N-dealkylation sites (tertiary alicyclic amines) is 1. The van der Waals surface area contributed by atoms with E-state index in [1.807, 2.05) is 17.0 Å². The average molecular weight is 542 g/mol. The highest BCUT2D eigenvalue weighted by atomic mass is 127. The zero-order valence-corrected chi connectivity index (χ0v) is 21.6. The molecule has 0 unspecified atom stereocenters. The van der Waals surface area contributed by atoms with Crippen LogP contribution in [0.4, 0.5) is 0 Å². The normalized spacial score (nSPS) is 17.2. The van der Waals surface area contributed by atoms with Gasteiger partial charge >= 0.3 is 0 Å². The van der Waals surface area contributed by atoms with E-state index in [9.17, 15) is 4.79 Å². The Balaban J connectivity index is 0.00000341. The third-order valence-electron chi connectivity index (χ3n) is 6.11. The van der Waals surface area contributed by atoms with Gasteiger partial charge < -0.3 is 20.4 Å². The molecule has 3 rings (SSSR count). The van der Waals surface area contributed by atoms with Crippen LogP contribution < -0.4 is 10.6 Å². The van der Waals surface area contributed by atoms with Crippen molar-refractivity contribution in [2.45, 2.75) is 71.5 Å². The summed E-state index contributed by atoms with van der Waals surface area (Å²) >= 11 is 0. The Kier molecular flexibility index (Phi) is 11.6. The highest BCUT2D eigenvalue weighted by molar-refractivity contribution is 14.0. The molecule has 0 aromatic heterocycles. The van der Waals surface area contributed by atoms with Gasteiger partial charge in [0.15, 0.2) is 5.96 Å². The molecule has 0 spiro atoms. The zero-order chi connectivity index (χ0) is 21.2. The van der Waals surface area contributed by atoms with Gasteiger partial charge in [0.2, 0.25) is 5.91 Å². The first kappa shape index (κ1) is 25.9. The number of nitrogens with zero attached hydrogens (tertiary/aromatic N) is 3. The summed E-state index contributed by atoms with van der Waals surface area (Å²) in [6.45, 7) is 11.0. The van der Waals surface area contributed by atoms with E-state index >= 15 is 0 Å². The Bertz CT molecular complexity index is 678. The quantitative estimate of drug-likeness (QED) is 0.217. The van der Waals surface area contributed by atoms with Gasteiger partial charge in [-0.3, -0.25) is 9.79 Å². The number of amides is 1. The lowest BCUT2D eigenvalue weighted by atomic mass is 10.0. The Hall–Kier alpha value is -1.35. The number of guanidine groups is 1. The number of fused-ring (bicyclic) bond motifs is 1. The molecule has 0 bridgehead atoms. The molecule has 0 aliphatic carbocycles. The van der Waals surface area contributed by atoms with Crippen molar-refractivity contribution >= 4 is 35.8 Å². The molecule has 1 aromatic rings.